The summed E-state index contributed by atoms with van der Waals surface area (Å²) in [4.78, 5) is 12.2. The predicted octanol–water partition coefficient (Wildman–Crippen LogP) is 4.51. The number of esters is 1. The van der Waals surface area contributed by atoms with Crippen molar-refractivity contribution in [2.75, 3.05) is 0 Å². The summed E-state index contributed by atoms with van der Waals surface area (Å²) in [6.45, 7) is 6.17. The molecule has 0 aliphatic carbocycles. The number of carbonyl (C=O) groups is 1. The lowest BCUT2D eigenvalue weighted by Crippen LogP contribution is -2.10. The van der Waals surface area contributed by atoms with Crippen LogP contribution in [0.25, 0.3) is 0 Å². The van der Waals surface area contributed by atoms with Gasteiger partial charge in [-0.2, -0.15) is 0 Å². The standard InChI is InChI=1S/C19H22O3/c1-4-13(2)11-15-5-8-17(9-6-15)22-19(21)18-10-7-16(20)12-14(18)3/h5-10,12-13,20H,4,11H2,1-3H3. The molecule has 0 saturated carbocycles. The number of carbonyl (C=O) groups excluding carboxylic acids is 1. The van der Waals surface area contributed by atoms with E-state index in [0.29, 0.717) is 22.8 Å². The number of phenols is 1. The van der Waals surface area contributed by atoms with Gasteiger partial charge in [0.05, 0.1) is 5.56 Å². The van der Waals surface area contributed by atoms with E-state index in [2.05, 4.69) is 13.8 Å². The Balaban J connectivity index is 2.05. The second kappa shape index (κ2) is 7.12. The lowest BCUT2D eigenvalue weighted by atomic mass is 9.99. The van der Waals surface area contributed by atoms with Crippen LogP contribution < -0.4 is 4.74 Å². The van der Waals surface area contributed by atoms with E-state index in [1.165, 1.54) is 11.6 Å². The van der Waals surface area contributed by atoms with Gasteiger partial charge in [-0.1, -0.05) is 32.4 Å². The SMILES string of the molecule is CCC(C)Cc1ccc(OC(=O)c2ccc(O)cc2C)cc1. The third-order valence-electron chi connectivity index (χ3n) is 3.84. The molecule has 0 aromatic heterocycles. The molecule has 1 N–H and O–H groups in total. The highest BCUT2D eigenvalue weighted by atomic mass is 16.5. The van der Waals surface area contributed by atoms with Gasteiger partial charge in [-0.05, 0) is 60.7 Å². The van der Waals surface area contributed by atoms with E-state index < -0.39 is 5.97 Å². The number of phenolic OH excluding ortho intramolecular Hbond substituents is 1. The van der Waals surface area contributed by atoms with E-state index in [1.54, 1.807) is 19.1 Å². The molecule has 0 fully saturated rings. The van der Waals surface area contributed by atoms with Gasteiger partial charge in [0.15, 0.2) is 0 Å². The van der Waals surface area contributed by atoms with Crippen molar-refractivity contribution in [1.29, 1.82) is 0 Å². The second-order valence-electron chi connectivity index (χ2n) is 5.75. The maximum Gasteiger partial charge on any atom is 0.343 e. The van der Waals surface area contributed by atoms with Crippen LogP contribution in [-0.4, -0.2) is 11.1 Å². The molecule has 0 amide bonds. The van der Waals surface area contributed by atoms with Gasteiger partial charge in [0, 0.05) is 0 Å². The molecule has 0 bridgehead atoms. The van der Waals surface area contributed by atoms with Gasteiger partial charge >= 0.3 is 5.97 Å². The van der Waals surface area contributed by atoms with Gasteiger partial charge in [-0.25, -0.2) is 4.79 Å². The molecular weight excluding hydrogens is 276 g/mol. The fourth-order valence-corrected chi connectivity index (χ4v) is 2.28. The molecule has 2 aromatic carbocycles. The number of rotatable bonds is 5. The zero-order chi connectivity index (χ0) is 16.1. The first-order valence-electron chi connectivity index (χ1n) is 7.60. The molecule has 22 heavy (non-hydrogen) atoms. The highest BCUT2D eigenvalue weighted by Crippen LogP contribution is 2.20. The lowest BCUT2D eigenvalue weighted by molar-refractivity contribution is 0.0734. The highest BCUT2D eigenvalue weighted by molar-refractivity contribution is 5.92. The van der Waals surface area contributed by atoms with Crippen LogP contribution in [0.15, 0.2) is 42.5 Å². The molecule has 1 atom stereocenters. The van der Waals surface area contributed by atoms with Crippen molar-refractivity contribution in [3.8, 4) is 11.5 Å². The summed E-state index contributed by atoms with van der Waals surface area (Å²) < 4.78 is 5.39. The Morgan fingerprint density at radius 1 is 1.18 bits per heavy atom. The minimum absolute atomic E-state index is 0.142. The Hall–Kier alpha value is -2.29. The quantitative estimate of drug-likeness (QED) is 0.652. The third-order valence-corrected chi connectivity index (χ3v) is 3.84. The molecule has 0 saturated heterocycles. The summed E-state index contributed by atoms with van der Waals surface area (Å²) in [6.07, 6.45) is 2.18. The van der Waals surface area contributed by atoms with E-state index in [0.717, 1.165) is 12.8 Å². The highest BCUT2D eigenvalue weighted by Gasteiger charge is 2.12. The van der Waals surface area contributed by atoms with E-state index in [4.69, 9.17) is 4.74 Å². The first-order chi connectivity index (χ1) is 10.5. The van der Waals surface area contributed by atoms with Crippen molar-refractivity contribution >= 4 is 5.97 Å². The van der Waals surface area contributed by atoms with E-state index in [-0.39, 0.29) is 5.75 Å². The van der Waals surface area contributed by atoms with E-state index >= 15 is 0 Å². The Morgan fingerprint density at radius 3 is 2.45 bits per heavy atom. The lowest BCUT2D eigenvalue weighted by Gasteiger charge is -2.10. The van der Waals surface area contributed by atoms with Crippen LogP contribution in [-0.2, 0) is 6.42 Å². The molecule has 1 unspecified atom stereocenters. The molecule has 0 aliphatic rings. The average molecular weight is 298 g/mol. The largest absolute Gasteiger partial charge is 0.508 e. The predicted molar refractivity (Wildman–Crippen MR) is 87.4 cm³/mol. The number of aryl methyl sites for hydroxylation is 1. The minimum atomic E-state index is -0.410. The van der Waals surface area contributed by atoms with Crippen LogP contribution in [0.4, 0.5) is 0 Å². The van der Waals surface area contributed by atoms with Crippen LogP contribution in [0.2, 0.25) is 0 Å². The maximum atomic E-state index is 12.2. The molecule has 0 spiro atoms. The molecule has 3 nitrogen and oxygen atoms in total. The Morgan fingerprint density at radius 2 is 1.86 bits per heavy atom. The Kier molecular flexibility index (Phi) is 5.21. The van der Waals surface area contributed by atoms with Crippen LogP contribution in [0.3, 0.4) is 0 Å². The van der Waals surface area contributed by atoms with Gasteiger partial charge in [0.2, 0.25) is 0 Å². The first-order valence-corrected chi connectivity index (χ1v) is 7.60. The van der Waals surface area contributed by atoms with Gasteiger partial charge in [-0.3, -0.25) is 0 Å². The van der Waals surface area contributed by atoms with Crippen molar-refractivity contribution in [3.63, 3.8) is 0 Å². The maximum absolute atomic E-state index is 12.2. The summed E-state index contributed by atoms with van der Waals surface area (Å²) in [5.41, 5.74) is 2.40. The molecule has 2 aromatic rings. The molecule has 2 rings (SSSR count). The number of hydrogen-bond donors (Lipinski definition) is 1. The summed E-state index contributed by atoms with van der Waals surface area (Å²) in [6, 6.07) is 12.3. The molecule has 116 valence electrons. The fourth-order valence-electron chi connectivity index (χ4n) is 2.28. The van der Waals surface area contributed by atoms with Crippen molar-refractivity contribution in [3.05, 3.63) is 59.2 Å². The van der Waals surface area contributed by atoms with Crippen molar-refractivity contribution in [1.82, 2.24) is 0 Å². The smallest absolute Gasteiger partial charge is 0.343 e. The van der Waals surface area contributed by atoms with Crippen molar-refractivity contribution in [2.45, 2.75) is 33.6 Å². The molecule has 0 radical (unpaired) electrons. The third kappa shape index (κ3) is 4.10. The monoisotopic (exact) mass is 298 g/mol. The van der Waals surface area contributed by atoms with Gasteiger partial charge in [0.1, 0.15) is 11.5 Å². The van der Waals surface area contributed by atoms with Gasteiger partial charge in [-0.15, -0.1) is 0 Å². The Labute approximate surface area is 131 Å². The van der Waals surface area contributed by atoms with Crippen molar-refractivity contribution in [2.24, 2.45) is 5.92 Å². The van der Waals surface area contributed by atoms with Crippen molar-refractivity contribution < 1.29 is 14.6 Å². The average Bonchev–Trinajstić information content (AvgIpc) is 2.49. The first kappa shape index (κ1) is 16.1. The molecule has 3 heteroatoms. The fraction of sp³-hybridized carbons (Fsp3) is 0.316. The summed E-state index contributed by atoms with van der Waals surface area (Å²) in [7, 11) is 0. The van der Waals surface area contributed by atoms with Gasteiger partial charge < -0.3 is 9.84 Å². The van der Waals surface area contributed by atoms with Crippen LogP contribution in [0, 0.1) is 12.8 Å². The minimum Gasteiger partial charge on any atom is -0.508 e. The van der Waals surface area contributed by atoms with Gasteiger partial charge in [0.25, 0.3) is 0 Å². The zero-order valence-corrected chi connectivity index (χ0v) is 13.3. The normalized spacial score (nSPS) is 12.0. The molecule has 0 aliphatic heterocycles. The molecular formula is C19H22O3. The second-order valence-corrected chi connectivity index (χ2v) is 5.75. The van der Waals surface area contributed by atoms with E-state index in [9.17, 15) is 9.90 Å². The topological polar surface area (TPSA) is 46.5 Å². The molecule has 0 heterocycles. The summed E-state index contributed by atoms with van der Waals surface area (Å²) >= 11 is 0. The summed E-state index contributed by atoms with van der Waals surface area (Å²) in [5, 5.41) is 9.38. The van der Waals surface area contributed by atoms with Crippen LogP contribution in [0.5, 0.6) is 11.5 Å². The zero-order valence-electron chi connectivity index (χ0n) is 13.3. The number of hydrogen-bond acceptors (Lipinski definition) is 3. The summed E-state index contributed by atoms with van der Waals surface area (Å²) in [5.74, 6) is 0.911. The number of benzene rings is 2. The van der Waals surface area contributed by atoms with E-state index in [1.807, 2.05) is 24.3 Å². The number of aromatic hydroxyl groups is 1. The van der Waals surface area contributed by atoms with Crippen LogP contribution >= 0.6 is 0 Å². The number of ether oxygens (including phenoxy) is 1. The van der Waals surface area contributed by atoms with Crippen LogP contribution in [0.1, 0.15) is 41.8 Å². The Bertz CT molecular complexity index is 644.